The first-order valence-corrected chi connectivity index (χ1v) is 7.83. The third kappa shape index (κ3) is 2.91. The van der Waals surface area contributed by atoms with Crippen molar-refractivity contribution < 1.29 is 8.78 Å². The van der Waals surface area contributed by atoms with Gasteiger partial charge >= 0.3 is 0 Å². The number of hydrogen-bond acceptors (Lipinski definition) is 3. The Hall–Kier alpha value is -3.02. The zero-order valence-electron chi connectivity index (χ0n) is 13.9. The van der Waals surface area contributed by atoms with Crippen molar-refractivity contribution in [3.05, 3.63) is 73.2 Å². The Morgan fingerprint density at radius 3 is 2.36 bits per heavy atom. The third-order valence-corrected chi connectivity index (χ3v) is 3.91. The summed E-state index contributed by atoms with van der Waals surface area (Å²) in [4.78, 5) is 10.5. The highest BCUT2D eigenvalue weighted by atomic mass is 19.1. The molecule has 2 aromatic heterocycles. The van der Waals surface area contributed by atoms with E-state index in [-0.39, 0.29) is 5.56 Å². The highest BCUT2D eigenvalue weighted by molar-refractivity contribution is 5.80. The molecule has 0 fully saturated rings. The molecule has 128 valence electrons. The molecule has 3 rings (SSSR count). The summed E-state index contributed by atoms with van der Waals surface area (Å²) in [6.45, 7) is 10.2. The van der Waals surface area contributed by atoms with Gasteiger partial charge in [-0.05, 0) is 19.1 Å². The molecule has 0 bridgehead atoms. The minimum Gasteiger partial charge on any atom is -0.350 e. The SMILES string of the molecule is C=CCN(CC=C)c1c(-c2c(F)cccc2F)c(C)nc2nccn12. The number of fused-ring (bicyclic) bond motifs is 1. The Bertz CT molecular complexity index is 916. The van der Waals surface area contributed by atoms with E-state index in [1.165, 1.54) is 18.2 Å². The lowest BCUT2D eigenvalue weighted by Crippen LogP contribution is -2.27. The van der Waals surface area contributed by atoms with Gasteiger partial charge in [0.15, 0.2) is 0 Å². The Labute approximate surface area is 144 Å². The van der Waals surface area contributed by atoms with Crippen LogP contribution in [-0.4, -0.2) is 27.5 Å². The molecule has 2 heterocycles. The molecule has 6 heteroatoms. The van der Waals surface area contributed by atoms with Crippen LogP contribution in [0.25, 0.3) is 16.9 Å². The molecule has 0 aliphatic rings. The van der Waals surface area contributed by atoms with Gasteiger partial charge < -0.3 is 4.90 Å². The molecular formula is C19H18F2N4. The smallest absolute Gasteiger partial charge is 0.235 e. The molecule has 0 aliphatic heterocycles. The second-order valence-electron chi connectivity index (χ2n) is 5.57. The van der Waals surface area contributed by atoms with Gasteiger partial charge in [0.25, 0.3) is 0 Å². The van der Waals surface area contributed by atoms with Gasteiger partial charge in [0.2, 0.25) is 5.78 Å². The summed E-state index contributed by atoms with van der Waals surface area (Å²) in [5.74, 6) is -0.208. The number of halogens is 2. The second-order valence-corrected chi connectivity index (χ2v) is 5.57. The fourth-order valence-electron chi connectivity index (χ4n) is 2.93. The van der Waals surface area contributed by atoms with Crippen molar-refractivity contribution in [3.63, 3.8) is 0 Å². The largest absolute Gasteiger partial charge is 0.350 e. The van der Waals surface area contributed by atoms with Crippen LogP contribution in [-0.2, 0) is 0 Å². The van der Waals surface area contributed by atoms with Crippen LogP contribution in [0.1, 0.15) is 5.69 Å². The van der Waals surface area contributed by atoms with Crippen LogP contribution < -0.4 is 4.90 Å². The fraction of sp³-hybridized carbons (Fsp3) is 0.158. The molecule has 0 unspecified atom stereocenters. The monoisotopic (exact) mass is 340 g/mol. The van der Waals surface area contributed by atoms with E-state index < -0.39 is 11.6 Å². The maximum atomic E-state index is 14.5. The summed E-state index contributed by atoms with van der Waals surface area (Å²) >= 11 is 0. The van der Waals surface area contributed by atoms with E-state index in [2.05, 4.69) is 23.1 Å². The number of aryl methyl sites for hydroxylation is 1. The van der Waals surface area contributed by atoms with Gasteiger partial charge in [-0.1, -0.05) is 18.2 Å². The molecule has 0 amide bonds. The molecule has 25 heavy (non-hydrogen) atoms. The van der Waals surface area contributed by atoms with Crippen LogP contribution in [0.2, 0.25) is 0 Å². The Balaban J connectivity index is 2.41. The van der Waals surface area contributed by atoms with Crippen molar-refractivity contribution in [2.24, 2.45) is 0 Å². The molecule has 4 nitrogen and oxygen atoms in total. The first-order chi connectivity index (χ1) is 12.1. The molecule has 0 N–H and O–H groups in total. The number of imidazole rings is 1. The van der Waals surface area contributed by atoms with Crippen LogP contribution in [0.4, 0.5) is 14.6 Å². The zero-order valence-corrected chi connectivity index (χ0v) is 13.9. The topological polar surface area (TPSA) is 33.4 Å². The van der Waals surface area contributed by atoms with Crippen LogP contribution in [0, 0.1) is 18.6 Å². The van der Waals surface area contributed by atoms with E-state index >= 15 is 0 Å². The number of aromatic nitrogens is 3. The van der Waals surface area contributed by atoms with Gasteiger partial charge in [0.1, 0.15) is 17.5 Å². The first-order valence-electron chi connectivity index (χ1n) is 7.83. The normalized spacial score (nSPS) is 10.8. The van der Waals surface area contributed by atoms with E-state index in [1.807, 2.05) is 4.90 Å². The van der Waals surface area contributed by atoms with Gasteiger partial charge in [-0.25, -0.2) is 18.7 Å². The van der Waals surface area contributed by atoms with Crippen LogP contribution in [0.5, 0.6) is 0 Å². The van der Waals surface area contributed by atoms with Gasteiger partial charge in [-0.15, -0.1) is 13.2 Å². The molecule has 1 aromatic carbocycles. The average molecular weight is 340 g/mol. The number of anilines is 1. The number of hydrogen-bond donors (Lipinski definition) is 0. The number of nitrogens with zero attached hydrogens (tertiary/aromatic N) is 4. The first kappa shape index (κ1) is 16.8. The summed E-state index contributed by atoms with van der Waals surface area (Å²) in [5.41, 5.74) is 0.789. The second kappa shape index (κ2) is 6.84. The van der Waals surface area contributed by atoms with Crippen LogP contribution in [0.3, 0.4) is 0 Å². The maximum Gasteiger partial charge on any atom is 0.235 e. The lowest BCUT2D eigenvalue weighted by Gasteiger charge is -2.26. The molecule has 0 spiro atoms. The van der Waals surface area contributed by atoms with Crippen molar-refractivity contribution in [3.8, 4) is 11.1 Å². The molecular weight excluding hydrogens is 322 g/mol. The van der Waals surface area contributed by atoms with Crippen molar-refractivity contribution in [1.29, 1.82) is 0 Å². The number of rotatable bonds is 6. The summed E-state index contributed by atoms with van der Waals surface area (Å²) in [7, 11) is 0. The van der Waals surface area contributed by atoms with Crippen molar-refractivity contribution in [2.75, 3.05) is 18.0 Å². The van der Waals surface area contributed by atoms with Crippen LogP contribution in [0.15, 0.2) is 55.9 Å². The van der Waals surface area contributed by atoms with Gasteiger partial charge in [0, 0.05) is 25.5 Å². The van der Waals surface area contributed by atoms with E-state index in [9.17, 15) is 8.78 Å². The summed E-state index contributed by atoms with van der Waals surface area (Å²) in [5, 5.41) is 0. The lowest BCUT2D eigenvalue weighted by molar-refractivity contribution is 0.589. The zero-order chi connectivity index (χ0) is 18.0. The molecule has 0 saturated heterocycles. The average Bonchev–Trinajstić information content (AvgIpc) is 3.02. The fourth-order valence-corrected chi connectivity index (χ4v) is 2.93. The molecule has 0 radical (unpaired) electrons. The van der Waals surface area contributed by atoms with Crippen molar-refractivity contribution in [2.45, 2.75) is 6.92 Å². The van der Waals surface area contributed by atoms with E-state index in [1.54, 1.807) is 35.9 Å². The van der Waals surface area contributed by atoms with Crippen LogP contribution >= 0.6 is 0 Å². The summed E-state index contributed by atoms with van der Waals surface area (Å²) in [6.07, 6.45) is 6.78. The predicted molar refractivity (Wildman–Crippen MR) is 95.7 cm³/mol. The lowest BCUT2D eigenvalue weighted by atomic mass is 10.0. The molecule has 0 atom stereocenters. The highest BCUT2D eigenvalue weighted by Gasteiger charge is 2.24. The third-order valence-electron chi connectivity index (χ3n) is 3.91. The molecule has 0 saturated carbocycles. The summed E-state index contributed by atoms with van der Waals surface area (Å²) in [6, 6.07) is 3.83. The van der Waals surface area contributed by atoms with E-state index in [4.69, 9.17) is 0 Å². The Morgan fingerprint density at radius 1 is 1.12 bits per heavy atom. The quantitative estimate of drug-likeness (QED) is 0.632. The summed E-state index contributed by atoms with van der Waals surface area (Å²) < 4.78 is 30.7. The minimum absolute atomic E-state index is 0.101. The van der Waals surface area contributed by atoms with Gasteiger partial charge in [0.05, 0.1) is 16.8 Å². The highest BCUT2D eigenvalue weighted by Crippen LogP contribution is 2.36. The standard InChI is InChI=1S/C19H18F2N4/c1-4-10-24(11-5-2)18-16(17-14(20)7-6-8-15(17)21)13(3)23-19-22-9-12-25(18)19/h4-9,12H,1-2,10-11H2,3H3. The van der Waals surface area contributed by atoms with Gasteiger partial charge in [-0.2, -0.15) is 0 Å². The molecule has 0 aliphatic carbocycles. The van der Waals surface area contributed by atoms with Gasteiger partial charge in [-0.3, -0.25) is 4.40 Å². The minimum atomic E-state index is -0.636. The van der Waals surface area contributed by atoms with E-state index in [0.717, 1.165) is 0 Å². The maximum absolute atomic E-state index is 14.5. The van der Waals surface area contributed by atoms with Crippen molar-refractivity contribution in [1.82, 2.24) is 14.4 Å². The van der Waals surface area contributed by atoms with E-state index in [0.29, 0.717) is 35.9 Å². The Kier molecular flexibility index (Phi) is 4.61. The number of benzene rings is 1. The predicted octanol–water partition coefficient (Wildman–Crippen LogP) is 4.16. The molecule has 3 aromatic rings. The van der Waals surface area contributed by atoms with Crippen molar-refractivity contribution >= 4 is 11.6 Å². The Morgan fingerprint density at radius 2 is 1.76 bits per heavy atom.